The van der Waals surface area contributed by atoms with Gasteiger partial charge >= 0.3 is 0 Å². The molecule has 0 spiro atoms. The van der Waals surface area contributed by atoms with Crippen molar-refractivity contribution in [2.75, 3.05) is 5.75 Å². The first kappa shape index (κ1) is 9.98. The van der Waals surface area contributed by atoms with Gasteiger partial charge in [0.2, 0.25) is 0 Å². The van der Waals surface area contributed by atoms with Crippen LogP contribution < -0.4 is 0 Å². The Labute approximate surface area is 102 Å². The molecule has 0 fully saturated rings. The molecule has 0 saturated carbocycles. The second kappa shape index (κ2) is 3.99. The summed E-state index contributed by atoms with van der Waals surface area (Å²) in [5.41, 5.74) is 5.75. The van der Waals surface area contributed by atoms with Crippen LogP contribution in [0.25, 0.3) is 11.1 Å². The summed E-state index contributed by atoms with van der Waals surface area (Å²) in [6.45, 7) is 0. The molecule has 0 unspecified atom stereocenters. The number of rotatable bonds is 2. The third kappa shape index (κ3) is 1.39. The van der Waals surface area contributed by atoms with Crippen molar-refractivity contribution < 1.29 is 0 Å². The summed E-state index contributed by atoms with van der Waals surface area (Å²) in [5, 5.41) is 0. The van der Waals surface area contributed by atoms with E-state index in [0.29, 0.717) is 5.92 Å². The molecule has 0 amide bonds. The van der Waals surface area contributed by atoms with Gasteiger partial charge in [-0.2, -0.15) is 12.6 Å². The van der Waals surface area contributed by atoms with Gasteiger partial charge in [-0.25, -0.2) is 0 Å². The van der Waals surface area contributed by atoms with Gasteiger partial charge in [-0.1, -0.05) is 48.5 Å². The van der Waals surface area contributed by atoms with Crippen molar-refractivity contribution in [3.8, 4) is 11.1 Å². The Hall–Kier alpha value is -1.21. The molecular weight excluding hydrogens is 212 g/mol. The molecule has 0 nitrogen and oxygen atoms in total. The molecule has 1 aliphatic carbocycles. The molecule has 0 atom stereocenters. The van der Waals surface area contributed by atoms with Gasteiger partial charge in [0, 0.05) is 5.92 Å². The summed E-state index contributed by atoms with van der Waals surface area (Å²) < 4.78 is 0. The van der Waals surface area contributed by atoms with E-state index in [9.17, 15) is 0 Å². The minimum atomic E-state index is 0.546. The van der Waals surface area contributed by atoms with Crippen LogP contribution in [0.15, 0.2) is 48.5 Å². The fourth-order valence-corrected chi connectivity index (χ4v) is 2.96. The lowest BCUT2D eigenvalue weighted by Gasteiger charge is -2.11. The summed E-state index contributed by atoms with van der Waals surface area (Å²) in [6, 6.07) is 17.5. The summed E-state index contributed by atoms with van der Waals surface area (Å²) in [4.78, 5) is 0. The molecule has 1 aliphatic rings. The van der Waals surface area contributed by atoms with Gasteiger partial charge in [-0.3, -0.25) is 0 Å². The van der Waals surface area contributed by atoms with Gasteiger partial charge in [0.05, 0.1) is 0 Å². The Morgan fingerprint density at radius 1 is 0.812 bits per heavy atom. The van der Waals surface area contributed by atoms with Gasteiger partial charge in [0.15, 0.2) is 0 Å². The molecule has 0 N–H and O–H groups in total. The molecule has 0 aromatic heterocycles. The van der Waals surface area contributed by atoms with Crippen molar-refractivity contribution >= 4 is 12.6 Å². The molecule has 2 aromatic carbocycles. The van der Waals surface area contributed by atoms with Crippen molar-refractivity contribution in [2.45, 2.75) is 12.3 Å². The van der Waals surface area contributed by atoms with Gasteiger partial charge in [-0.15, -0.1) is 0 Å². The molecule has 0 radical (unpaired) electrons. The second-order valence-corrected chi connectivity index (χ2v) is 4.69. The molecule has 0 saturated heterocycles. The molecule has 3 rings (SSSR count). The number of thiol groups is 1. The first-order valence-corrected chi connectivity index (χ1v) is 6.34. The zero-order chi connectivity index (χ0) is 11.0. The van der Waals surface area contributed by atoms with Crippen molar-refractivity contribution in [2.24, 2.45) is 0 Å². The van der Waals surface area contributed by atoms with Gasteiger partial charge in [-0.05, 0) is 34.4 Å². The normalized spacial score (nSPS) is 13.6. The Kier molecular flexibility index (Phi) is 2.49. The highest BCUT2D eigenvalue weighted by molar-refractivity contribution is 7.80. The molecule has 0 bridgehead atoms. The predicted octanol–water partition coefficient (Wildman–Crippen LogP) is 4.12. The molecule has 16 heavy (non-hydrogen) atoms. The molecule has 0 heterocycles. The van der Waals surface area contributed by atoms with Gasteiger partial charge in [0.25, 0.3) is 0 Å². The Morgan fingerprint density at radius 2 is 1.31 bits per heavy atom. The highest BCUT2D eigenvalue weighted by Crippen LogP contribution is 2.45. The fourth-order valence-electron chi connectivity index (χ4n) is 2.70. The average Bonchev–Trinajstić information content (AvgIpc) is 2.66. The van der Waals surface area contributed by atoms with Crippen LogP contribution in [-0.4, -0.2) is 5.75 Å². The zero-order valence-electron chi connectivity index (χ0n) is 9.06. The van der Waals surface area contributed by atoms with Crippen molar-refractivity contribution in [3.05, 3.63) is 59.7 Å². The van der Waals surface area contributed by atoms with E-state index in [-0.39, 0.29) is 0 Å². The van der Waals surface area contributed by atoms with Crippen LogP contribution in [0.3, 0.4) is 0 Å². The van der Waals surface area contributed by atoms with E-state index >= 15 is 0 Å². The zero-order valence-corrected chi connectivity index (χ0v) is 9.95. The van der Waals surface area contributed by atoms with Gasteiger partial charge < -0.3 is 0 Å². The van der Waals surface area contributed by atoms with E-state index in [1.54, 1.807) is 0 Å². The number of hydrogen-bond donors (Lipinski definition) is 1. The van der Waals surface area contributed by atoms with E-state index in [1.165, 1.54) is 22.3 Å². The van der Waals surface area contributed by atoms with Crippen LogP contribution in [-0.2, 0) is 0 Å². The first-order chi connectivity index (χ1) is 7.92. The van der Waals surface area contributed by atoms with E-state index < -0.39 is 0 Å². The standard InChI is InChI=1S/C15H14S/c16-10-9-15-13-7-3-1-5-11(13)12-6-2-4-8-14(12)15/h1-8,15-16H,9-10H2. The molecular formula is C15H14S. The van der Waals surface area contributed by atoms with Crippen LogP contribution >= 0.6 is 12.6 Å². The number of hydrogen-bond acceptors (Lipinski definition) is 1. The minimum absolute atomic E-state index is 0.546. The van der Waals surface area contributed by atoms with E-state index in [2.05, 4.69) is 61.2 Å². The van der Waals surface area contributed by atoms with Crippen LogP contribution in [0, 0.1) is 0 Å². The SMILES string of the molecule is SCCC1c2ccccc2-c2ccccc21. The van der Waals surface area contributed by atoms with Crippen molar-refractivity contribution in [1.82, 2.24) is 0 Å². The molecule has 1 heteroatoms. The topological polar surface area (TPSA) is 0 Å². The van der Waals surface area contributed by atoms with Crippen molar-refractivity contribution in [1.29, 1.82) is 0 Å². The number of fused-ring (bicyclic) bond motifs is 3. The molecule has 80 valence electrons. The smallest absolute Gasteiger partial charge is 0.0109 e. The third-order valence-corrected chi connectivity index (χ3v) is 3.64. The maximum absolute atomic E-state index is 4.38. The van der Waals surface area contributed by atoms with Crippen LogP contribution in [0.2, 0.25) is 0 Å². The van der Waals surface area contributed by atoms with Gasteiger partial charge in [0.1, 0.15) is 0 Å². The first-order valence-electron chi connectivity index (χ1n) is 5.71. The highest BCUT2D eigenvalue weighted by atomic mass is 32.1. The lowest BCUT2D eigenvalue weighted by Crippen LogP contribution is -1.96. The van der Waals surface area contributed by atoms with E-state index in [0.717, 1.165) is 12.2 Å². The number of benzene rings is 2. The summed E-state index contributed by atoms with van der Waals surface area (Å²) in [7, 11) is 0. The Morgan fingerprint density at radius 3 is 1.81 bits per heavy atom. The predicted molar refractivity (Wildman–Crippen MR) is 72.2 cm³/mol. The second-order valence-electron chi connectivity index (χ2n) is 4.24. The third-order valence-electron chi connectivity index (χ3n) is 3.38. The largest absolute Gasteiger partial charge is 0.179 e. The summed E-state index contributed by atoms with van der Waals surface area (Å²) in [6.07, 6.45) is 1.12. The van der Waals surface area contributed by atoms with Crippen molar-refractivity contribution in [3.63, 3.8) is 0 Å². The Bertz CT molecular complexity index is 471. The minimum Gasteiger partial charge on any atom is -0.179 e. The molecule has 0 aliphatic heterocycles. The maximum Gasteiger partial charge on any atom is 0.0109 e. The van der Waals surface area contributed by atoms with Crippen LogP contribution in [0.4, 0.5) is 0 Å². The molecule has 2 aromatic rings. The lowest BCUT2D eigenvalue weighted by molar-refractivity contribution is 0.807. The average molecular weight is 226 g/mol. The quantitative estimate of drug-likeness (QED) is 0.732. The fraction of sp³-hybridized carbons (Fsp3) is 0.200. The monoisotopic (exact) mass is 226 g/mol. The van der Waals surface area contributed by atoms with Crippen LogP contribution in [0.5, 0.6) is 0 Å². The van der Waals surface area contributed by atoms with Crippen LogP contribution in [0.1, 0.15) is 23.5 Å². The summed E-state index contributed by atoms with van der Waals surface area (Å²) >= 11 is 4.38. The summed E-state index contributed by atoms with van der Waals surface area (Å²) in [5.74, 6) is 1.48. The van der Waals surface area contributed by atoms with E-state index in [1.807, 2.05) is 0 Å². The van der Waals surface area contributed by atoms with E-state index in [4.69, 9.17) is 0 Å². The lowest BCUT2D eigenvalue weighted by atomic mass is 9.94. The maximum atomic E-state index is 4.38. The Balaban J connectivity index is 2.21. The highest BCUT2D eigenvalue weighted by Gasteiger charge is 2.26.